The van der Waals surface area contributed by atoms with Gasteiger partial charge in [0.1, 0.15) is 5.88 Å². The van der Waals surface area contributed by atoms with Crippen LogP contribution in [0.4, 0.5) is 0 Å². The molecular formula is C11H24N2O6S2. The molecule has 1 N–H and O–H groups in total. The summed E-state index contributed by atoms with van der Waals surface area (Å²) < 4.78 is 58.4. The Labute approximate surface area is 126 Å². The van der Waals surface area contributed by atoms with Crippen LogP contribution in [0.2, 0.25) is 0 Å². The lowest BCUT2D eigenvalue weighted by Gasteiger charge is -2.21. The van der Waals surface area contributed by atoms with Gasteiger partial charge in [-0.2, -0.15) is 12.7 Å². The molecule has 0 aromatic rings. The third-order valence-corrected chi connectivity index (χ3v) is 5.49. The van der Waals surface area contributed by atoms with Crippen molar-refractivity contribution in [1.82, 2.24) is 9.21 Å². The second-order valence-electron chi connectivity index (χ2n) is 5.10. The van der Waals surface area contributed by atoms with Crippen LogP contribution in [-0.4, -0.2) is 82.1 Å². The van der Waals surface area contributed by atoms with E-state index in [4.69, 9.17) is 9.29 Å². The van der Waals surface area contributed by atoms with Crippen LogP contribution in [0.1, 0.15) is 19.3 Å². The lowest BCUT2D eigenvalue weighted by atomic mass is 10.3. The summed E-state index contributed by atoms with van der Waals surface area (Å²) >= 11 is 0. The Balaban J connectivity index is 2.20. The fourth-order valence-corrected chi connectivity index (χ4v) is 3.69. The molecule has 1 aliphatic heterocycles. The molecule has 0 aromatic carbocycles. The molecule has 1 rings (SSSR count). The van der Waals surface area contributed by atoms with E-state index in [2.05, 4.69) is 4.90 Å². The number of sulfonamides is 1. The highest BCUT2D eigenvalue weighted by Crippen LogP contribution is 2.18. The zero-order valence-corrected chi connectivity index (χ0v) is 13.9. The number of nitrogens with zero attached hydrogens (tertiary/aromatic N) is 2. The maximum absolute atomic E-state index is 11.0. The van der Waals surface area contributed by atoms with Gasteiger partial charge >= 0.3 is 0 Å². The molecule has 0 aliphatic carbocycles. The van der Waals surface area contributed by atoms with E-state index in [1.54, 1.807) is 7.11 Å². The third kappa shape index (κ3) is 8.69. The first-order chi connectivity index (χ1) is 9.74. The molecule has 1 atom stereocenters. The third-order valence-electron chi connectivity index (χ3n) is 3.25. The fourth-order valence-electron chi connectivity index (χ4n) is 2.01. The zero-order chi connectivity index (χ0) is 15.9. The molecular weight excluding hydrogens is 320 g/mol. The molecule has 0 spiro atoms. The molecule has 1 unspecified atom stereocenters. The van der Waals surface area contributed by atoms with Gasteiger partial charge in [-0.15, -0.1) is 0 Å². The first-order valence-electron chi connectivity index (χ1n) is 6.89. The summed E-state index contributed by atoms with van der Waals surface area (Å²) in [4.78, 5) is 2.11. The van der Waals surface area contributed by atoms with Crippen molar-refractivity contribution in [3.05, 3.63) is 0 Å². The normalized spacial score (nSPS) is 20.8. The molecule has 126 valence electrons. The molecule has 1 fully saturated rings. The van der Waals surface area contributed by atoms with Crippen molar-refractivity contribution in [1.29, 1.82) is 0 Å². The minimum absolute atomic E-state index is 0.152. The Hall–Kier alpha value is -0.260. The summed E-state index contributed by atoms with van der Waals surface area (Å²) in [6.07, 6.45) is 1.80. The van der Waals surface area contributed by atoms with Gasteiger partial charge < -0.3 is 9.64 Å². The molecule has 10 heteroatoms. The molecule has 0 aromatic heterocycles. The Morgan fingerprint density at radius 3 is 2.33 bits per heavy atom. The van der Waals surface area contributed by atoms with Gasteiger partial charge in [0.2, 0.25) is 10.0 Å². The van der Waals surface area contributed by atoms with E-state index in [9.17, 15) is 16.8 Å². The first-order valence-corrected chi connectivity index (χ1v) is 10.1. The average molecular weight is 344 g/mol. The fraction of sp³-hybridized carbons (Fsp3) is 1.00. The number of methoxy groups -OCH3 is 1. The van der Waals surface area contributed by atoms with Crippen LogP contribution < -0.4 is 0 Å². The van der Waals surface area contributed by atoms with Gasteiger partial charge in [-0.1, -0.05) is 0 Å². The minimum Gasteiger partial charge on any atom is -0.383 e. The summed E-state index contributed by atoms with van der Waals surface area (Å²) in [5.74, 6) is -0.0728. The molecule has 0 radical (unpaired) electrons. The lowest BCUT2D eigenvalue weighted by molar-refractivity contribution is 0.145. The molecule has 0 amide bonds. The maximum Gasteiger partial charge on any atom is 0.264 e. The summed E-state index contributed by atoms with van der Waals surface area (Å²) in [6.45, 7) is 3.25. The molecule has 21 heavy (non-hydrogen) atoms. The number of hydrogen-bond donors (Lipinski definition) is 1. The smallest absolute Gasteiger partial charge is 0.264 e. The predicted octanol–water partition coefficient (Wildman–Crippen LogP) is -0.404. The molecule has 1 heterocycles. The van der Waals surface area contributed by atoms with Gasteiger partial charge in [0.25, 0.3) is 10.1 Å². The molecule has 1 aliphatic rings. The number of hydrogen-bond acceptors (Lipinski definition) is 6. The van der Waals surface area contributed by atoms with Crippen molar-refractivity contribution in [2.75, 3.05) is 51.5 Å². The van der Waals surface area contributed by atoms with Crippen molar-refractivity contribution in [3.63, 3.8) is 0 Å². The van der Waals surface area contributed by atoms with Crippen LogP contribution in [0, 0.1) is 0 Å². The van der Waals surface area contributed by atoms with Gasteiger partial charge in [-0.05, 0) is 32.4 Å². The lowest BCUT2D eigenvalue weighted by Crippen LogP contribution is -2.31. The molecule has 0 bridgehead atoms. The standard InChI is InChI=1S/C11H24N2O6S2/c1-19-9-8-12(5-2-3-10-21(16,17)18)6-4-7-13-11-20(13,14)15/h2-11H2,1H3,(H,16,17,18). The van der Waals surface area contributed by atoms with E-state index >= 15 is 0 Å². The first kappa shape index (κ1) is 18.8. The molecule has 0 saturated carbocycles. The highest BCUT2D eigenvalue weighted by Gasteiger charge is 2.39. The van der Waals surface area contributed by atoms with E-state index in [0.29, 0.717) is 32.5 Å². The summed E-state index contributed by atoms with van der Waals surface area (Å²) in [6, 6.07) is 0. The number of ether oxygens (including phenoxy) is 1. The highest BCUT2D eigenvalue weighted by molar-refractivity contribution is 7.95. The van der Waals surface area contributed by atoms with Crippen molar-refractivity contribution in [2.45, 2.75) is 19.3 Å². The van der Waals surface area contributed by atoms with E-state index in [1.807, 2.05) is 0 Å². The zero-order valence-electron chi connectivity index (χ0n) is 12.3. The summed E-state index contributed by atoms with van der Waals surface area (Å²) in [5, 5.41) is 0. The predicted molar refractivity (Wildman–Crippen MR) is 79.1 cm³/mol. The van der Waals surface area contributed by atoms with Crippen LogP contribution in [0.3, 0.4) is 0 Å². The highest BCUT2D eigenvalue weighted by atomic mass is 32.2. The van der Waals surface area contributed by atoms with E-state index in [0.717, 1.165) is 19.5 Å². The molecule has 8 nitrogen and oxygen atoms in total. The van der Waals surface area contributed by atoms with Crippen LogP contribution in [0.25, 0.3) is 0 Å². The van der Waals surface area contributed by atoms with E-state index in [-0.39, 0.29) is 11.6 Å². The van der Waals surface area contributed by atoms with Crippen LogP contribution in [-0.2, 0) is 24.9 Å². The van der Waals surface area contributed by atoms with Gasteiger partial charge in [0.15, 0.2) is 0 Å². The average Bonchev–Trinajstić information content (AvgIpc) is 2.97. The Kier molecular flexibility index (Phi) is 7.51. The quantitative estimate of drug-likeness (QED) is 0.292. The Bertz CT molecular complexity index is 505. The van der Waals surface area contributed by atoms with Crippen molar-refractivity contribution < 1.29 is 26.1 Å². The monoisotopic (exact) mass is 344 g/mol. The van der Waals surface area contributed by atoms with Crippen LogP contribution in [0.15, 0.2) is 0 Å². The van der Waals surface area contributed by atoms with Crippen LogP contribution >= 0.6 is 0 Å². The van der Waals surface area contributed by atoms with Crippen molar-refractivity contribution in [3.8, 4) is 0 Å². The van der Waals surface area contributed by atoms with Crippen molar-refractivity contribution in [2.24, 2.45) is 0 Å². The number of unbranched alkanes of at least 4 members (excludes halogenated alkanes) is 1. The maximum atomic E-state index is 11.0. The summed E-state index contributed by atoms with van der Waals surface area (Å²) in [5.41, 5.74) is 0. The van der Waals surface area contributed by atoms with Gasteiger partial charge in [0.05, 0.1) is 12.4 Å². The van der Waals surface area contributed by atoms with Crippen LogP contribution in [0.5, 0.6) is 0 Å². The molecule has 1 saturated heterocycles. The van der Waals surface area contributed by atoms with E-state index in [1.165, 1.54) is 4.31 Å². The largest absolute Gasteiger partial charge is 0.383 e. The Morgan fingerprint density at radius 2 is 1.81 bits per heavy atom. The van der Waals surface area contributed by atoms with E-state index < -0.39 is 20.1 Å². The van der Waals surface area contributed by atoms with Gasteiger partial charge in [0, 0.05) is 20.2 Å². The topological polar surface area (TPSA) is 104 Å². The van der Waals surface area contributed by atoms with Gasteiger partial charge in [-0.25, -0.2) is 8.42 Å². The summed E-state index contributed by atoms with van der Waals surface area (Å²) in [7, 11) is -5.19. The second-order valence-corrected chi connectivity index (χ2v) is 8.61. The number of rotatable bonds is 12. The minimum atomic E-state index is -3.89. The SMILES string of the molecule is COCCN(CCCCS(=O)(=O)O)CCCN1CS1(=O)=O. The second kappa shape index (κ2) is 8.39. The Morgan fingerprint density at radius 1 is 1.19 bits per heavy atom. The van der Waals surface area contributed by atoms with Gasteiger partial charge in [-0.3, -0.25) is 4.55 Å². The van der Waals surface area contributed by atoms with Crippen molar-refractivity contribution >= 4 is 20.1 Å².